The Balaban J connectivity index is 1.86. The first kappa shape index (κ1) is 14.7. The van der Waals surface area contributed by atoms with Gasteiger partial charge in [0.25, 0.3) is 5.91 Å². The number of carbonyl (C=O) groups is 1. The topological polar surface area (TPSA) is 54.3 Å². The van der Waals surface area contributed by atoms with Gasteiger partial charge in [0.2, 0.25) is 0 Å². The summed E-state index contributed by atoms with van der Waals surface area (Å²) in [5.41, 5.74) is 1.40. The minimum Gasteiger partial charge on any atom is -0.332 e. The van der Waals surface area contributed by atoms with Crippen molar-refractivity contribution in [3.8, 4) is 5.69 Å². The highest BCUT2D eigenvalue weighted by atomic mass is 16.2. The molecule has 116 valence electrons. The molecule has 0 aliphatic carbocycles. The molecule has 0 saturated carbocycles. The van der Waals surface area contributed by atoms with Crippen LogP contribution in [0.15, 0.2) is 30.7 Å². The summed E-state index contributed by atoms with van der Waals surface area (Å²) in [7, 11) is 2.08. The molecule has 6 nitrogen and oxygen atoms in total. The van der Waals surface area contributed by atoms with E-state index < -0.39 is 0 Å². The molecule has 0 bridgehead atoms. The first-order valence-corrected chi connectivity index (χ1v) is 7.52. The molecule has 1 aliphatic rings. The minimum atomic E-state index is 0.000202. The lowest BCUT2D eigenvalue weighted by molar-refractivity contribution is 0.0527. The smallest absolute Gasteiger partial charge is 0.272 e. The van der Waals surface area contributed by atoms with Crippen LogP contribution in [0.2, 0.25) is 0 Å². The van der Waals surface area contributed by atoms with E-state index in [2.05, 4.69) is 28.8 Å². The summed E-state index contributed by atoms with van der Waals surface area (Å²) in [5.74, 6) is 0.887. The monoisotopic (exact) mass is 299 g/mol. The summed E-state index contributed by atoms with van der Waals surface area (Å²) in [4.78, 5) is 25.4. The summed E-state index contributed by atoms with van der Waals surface area (Å²) in [6.07, 6.45) is 5.32. The van der Waals surface area contributed by atoms with Gasteiger partial charge in [-0.2, -0.15) is 0 Å². The number of nitrogens with zero attached hydrogens (tertiary/aromatic N) is 5. The standard InChI is InChI=1S/C16H21N5O/c1-12-11-19(3)8-9-20(12)16(22)15-10-14(4-5-18-15)21-7-6-17-13(21)2/h4-7,10,12H,8-9,11H2,1-3H3. The maximum atomic E-state index is 12.7. The predicted molar refractivity (Wildman–Crippen MR) is 84.1 cm³/mol. The molecule has 0 radical (unpaired) electrons. The lowest BCUT2D eigenvalue weighted by Crippen LogP contribution is -2.52. The van der Waals surface area contributed by atoms with Crippen LogP contribution >= 0.6 is 0 Å². The Morgan fingerprint density at radius 2 is 2.09 bits per heavy atom. The van der Waals surface area contributed by atoms with Crippen molar-refractivity contribution in [3.63, 3.8) is 0 Å². The lowest BCUT2D eigenvalue weighted by Gasteiger charge is -2.38. The molecule has 2 aromatic rings. The maximum absolute atomic E-state index is 12.7. The zero-order valence-corrected chi connectivity index (χ0v) is 13.2. The van der Waals surface area contributed by atoms with Crippen LogP contribution in [0.4, 0.5) is 0 Å². The molecule has 0 aromatic carbocycles. The number of imidazole rings is 1. The van der Waals surface area contributed by atoms with Gasteiger partial charge in [0.05, 0.1) is 5.69 Å². The zero-order valence-electron chi connectivity index (χ0n) is 13.2. The van der Waals surface area contributed by atoms with E-state index in [1.807, 2.05) is 34.7 Å². The minimum absolute atomic E-state index is 0.000202. The lowest BCUT2D eigenvalue weighted by atomic mass is 10.1. The molecule has 3 rings (SSSR count). The van der Waals surface area contributed by atoms with Crippen LogP contribution in [0.5, 0.6) is 0 Å². The molecule has 1 fully saturated rings. The number of hydrogen-bond donors (Lipinski definition) is 0. The van der Waals surface area contributed by atoms with E-state index in [0.29, 0.717) is 5.69 Å². The molecular formula is C16H21N5O. The normalized spacial score (nSPS) is 19.4. The highest BCUT2D eigenvalue weighted by Crippen LogP contribution is 2.15. The Morgan fingerprint density at radius 3 is 2.77 bits per heavy atom. The van der Waals surface area contributed by atoms with Gasteiger partial charge >= 0.3 is 0 Å². The van der Waals surface area contributed by atoms with E-state index in [4.69, 9.17) is 0 Å². The zero-order chi connectivity index (χ0) is 15.7. The van der Waals surface area contributed by atoms with Gasteiger partial charge in [0.1, 0.15) is 11.5 Å². The predicted octanol–water partition coefficient (Wildman–Crippen LogP) is 1.35. The molecule has 1 unspecified atom stereocenters. The van der Waals surface area contributed by atoms with Crippen molar-refractivity contribution in [1.82, 2.24) is 24.3 Å². The molecule has 1 amide bonds. The Labute approximate surface area is 130 Å². The van der Waals surface area contributed by atoms with Gasteiger partial charge in [0.15, 0.2) is 0 Å². The van der Waals surface area contributed by atoms with Crippen LogP contribution in [0.1, 0.15) is 23.2 Å². The fraction of sp³-hybridized carbons (Fsp3) is 0.438. The fourth-order valence-corrected chi connectivity index (χ4v) is 2.93. The van der Waals surface area contributed by atoms with Gasteiger partial charge in [-0.05, 0) is 33.0 Å². The third-order valence-corrected chi connectivity index (χ3v) is 4.16. The third-order valence-electron chi connectivity index (χ3n) is 4.16. The van der Waals surface area contributed by atoms with Gasteiger partial charge in [-0.1, -0.05) is 0 Å². The van der Waals surface area contributed by atoms with Crippen LogP contribution in [0.25, 0.3) is 5.69 Å². The molecule has 1 saturated heterocycles. The van der Waals surface area contributed by atoms with Crippen molar-refractivity contribution in [2.45, 2.75) is 19.9 Å². The van der Waals surface area contributed by atoms with Crippen molar-refractivity contribution < 1.29 is 4.79 Å². The highest BCUT2D eigenvalue weighted by Gasteiger charge is 2.27. The van der Waals surface area contributed by atoms with Crippen LogP contribution < -0.4 is 0 Å². The number of aromatic nitrogens is 3. The van der Waals surface area contributed by atoms with Gasteiger partial charge in [-0.15, -0.1) is 0 Å². The van der Waals surface area contributed by atoms with Crippen molar-refractivity contribution in [2.75, 3.05) is 26.7 Å². The number of rotatable bonds is 2. The van der Waals surface area contributed by atoms with Gasteiger partial charge < -0.3 is 14.4 Å². The summed E-state index contributed by atoms with van der Waals surface area (Å²) in [6.45, 7) is 6.55. The average molecular weight is 299 g/mol. The van der Waals surface area contributed by atoms with E-state index in [0.717, 1.165) is 31.1 Å². The van der Waals surface area contributed by atoms with Crippen LogP contribution in [-0.4, -0.2) is 63.0 Å². The summed E-state index contributed by atoms with van der Waals surface area (Å²) < 4.78 is 1.95. The maximum Gasteiger partial charge on any atom is 0.272 e. The molecule has 1 aliphatic heterocycles. The number of pyridine rings is 1. The van der Waals surface area contributed by atoms with Crippen molar-refractivity contribution in [2.24, 2.45) is 0 Å². The van der Waals surface area contributed by atoms with Gasteiger partial charge in [0, 0.05) is 44.3 Å². The Bertz CT molecular complexity index is 681. The highest BCUT2D eigenvalue weighted by molar-refractivity contribution is 5.93. The first-order valence-electron chi connectivity index (χ1n) is 7.52. The Hall–Kier alpha value is -2.21. The summed E-state index contributed by atoms with van der Waals surface area (Å²) in [5, 5.41) is 0. The quantitative estimate of drug-likeness (QED) is 0.840. The molecule has 0 N–H and O–H groups in total. The van der Waals surface area contributed by atoms with E-state index in [1.54, 1.807) is 12.4 Å². The second kappa shape index (κ2) is 5.88. The van der Waals surface area contributed by atoms with E-state index in [1.165, 1.54) is 0 Å². The number of aryl methyl sites for hydroxylation is 1. The molecular weight excluding hydrogens is 278 g/mol. The number of likely N-dealkylation sites (N-methyl/N-ethyl adjacent to an activating group) is 1. The van der Waals surface area contributed by atoms with Crippen LogP contribution in [0, 0.1) is 6.92 Å². The van der Waals surface area contributed by atoms with Crippen molar-refractivity contribution >= 4 is 5.91 Å². The number of hydrogen-bond acceptors (Lipinski definition) is 4. The molecule has 1 atom stereocenters. The van der Waals surface area contributed by atoms with E-state index in [9.17, 15) is 4.79 Å². The largest absolute Gasteiger partial charge is 0.332 e. The Morgan fingerprint density at radius 1 is 1.27 bits per heavy atom. The second-order valence-electron chi connectivity index (χ2n) is 5.85. The van der Waals surface area contributed by atoms with Crippen molar-refractivity contribution in [3.05, 3.63) is 42.2 Å². The summed E-state index contributed by atoms with van der Waals surface area (Å²) >= 11 is 0. The molecule has 0 spiro atoms. The fourth-order valence-electron chi connectivity index (χ4n) is 2.93. The summed E-state index contributed by atoms with van der Waals surface area (Å²) in [6, 6.07) is 3.92. The van der Waals surface area contributed by atoms with E-state index >= 15 is 0 Å². The third kappa shape index (κ3) is 2.74. The van der Waals surface area contributed by atoms with Crippen LogP contribution in [-0.2, 0) is 0 Å². The number of amides is 1. The average Bonchev–Trinajstić information content (AvgIpc) is 2.93. The molecule has 6 heteroatoms. The second-order valence-corrected chi connectivity index (χ2v) is 5.85. The van der Waals surface area contributed by atoms with E-state index in [-0.39, 0.29) is 11.9 Å². The Kier molecular flexibility index (Phi) is 3.94. The molecule has 22 heavy (non-hydrogen) atoms. The van der Waals surface area contributed by atoms with Gasteiger partial charge in [-0.25, -0.2) is 4.98 Å². The van der Waals surface area contributed by atoms with Gasteiger partial charge in [-0.3, -0.25) is 9.78 Å². The number of carbonyl (C=O) groups excluding carboxylic acids is 1. The van der Waals surface area contributed by atoms with Crippen LogP contribution in [0.3, 0.4) is 0 Å². The first-order chi connectivity index (χ1) is 10.6. The molecule has 2 aromatic heterocycles. The van der Waals surface area contributed by atoms with Crippen molar-refractivity contribution in [1.29, 1.82) is 0 Å². The molecule has 3 heterocycles. The number of piperazine rings is 1. The SMILES string of the molecule is Cc1nccn1-c1ccnc(C(=O)N2CCN(C)CC2C)c1.